The second-order valence-electron chi connectivity index (χ2n) is 6.64. The molecular formula is C21H24N2O3. The molecule has 26 heavy (non-hydrogen) atoms. The van der Waals surface area contributed by atoms with E-state index < -0.39 is 0 Å². The molecule has 1 atom stereocenters. The van der Waals surface area contributed by atoms with E-state index in [1.165, 1.54) is 0 Å². The Balaban J connectivity index is 1.68. The Morgan fingerprint density at radius 2 is 1.92 bits per heavy atom. The molecule has 0 radical (unpaired) electrons. The molecule has 1 fully saturated rings. The Morgan fingerprint density at radius 3 is 2.62 bits per heavy atom. The third-order valence-corrected chi connectivity index (χ3v) is 4.58. The lowest BCUT2D eigenvalue weighted by Crippen LogP contribution is -2.28. The van der Waals surface area contributed by atoms with Gasteiger partial charge in [0.25, 0.3) is 0 Å². The molecule has 3 rings (SSSR count). The van der Waals surface area contributed by atoms with Gasteiger partial charge in [-0.2, -0.15) is 0 Å². The largest absolute Gasteiger partial charge is 0.494 e. The highest BCUT2D eigenvalue weighted by Gasteiger charge is 2.35. The molecule has 136 valence electrons. The molecule has 2 aromatic carbocycles. The van der Waals surface area contributed by atoms with Crippen molar-refractivity contribution in [3.05, 3.63) is 53.6 Å². The number of benzene rings is 2. The molecule has 0 saturated carbocycles. The normalized spacial score (nSPS) is 16.7. The molecule has 1 saturated heterocycles. The van der Waals surface area contributed by atoms with E-state index in [2.05, 4.69) is 5.32 Å². The fourth-order valence-corrected chi connectivity index (χ4v) is 3.17. The summed E-state index contributed by atoms with van der Waals surface area (Å²) in [7, 11) is 0. The van der Waals surface area contributed by atoms with Crippen molar-refractivity contribution in [2.24, 2.45) is 5.92 Å². The van der Waals surface area contributed by atoms with Crippen molar-refractivity contribution in [3.8, 4) is 5.75 Å². The molecule has 0 aromatic heterocycles. The van der Waals surface area contributed by atoms with Crippen LogP contribution < -0.4 is 15.0 Å². The van der Waals surface area contributed by atoms with Crippen molar-refractivity contribution >= 4 is 23.2 Å². The van der Waals surface area contributed by atoms with Crippen molar-refractivity contribution in [2.45, 2.75) is 27.2 Å². The van der Waals surface area contributed by atoms with Crippen LogP contribution in [0.25, 0.3) is 0 Å². The third-order valence-electron chi connectivity index (χ3n) is 4.58. The number of rotatable bonds is 5. The maximum absolute atomic E-state index is 12.6. The zero-order valence-corrected chi connectivity index (χ0v) is 15.4. The van der Waals surface area contributed by atoms with Crippen LogP contribution in [0.2, 0.25) is 0 Å². The lowest BCUT2D eigenvalue weighted by molar-refractivity contribution is -0.122. The van der Waals surface area contributed by atoms with Crippen molar-refractivity contribution in [2.75, 3.05) is 23.4 Å². The van der Waals surface area contributed by atoms with Gasteiger partial charge in [0, 0.05) is 24.3 Å². The highest BCUT2D eigenvalue weighted by Crippen LogP contribution is 2.29. The number of nitrogens with one attached hydrogen (secondary N) is 1. The number of carbonyl (C=O) groups is 2. The van der Waals surface area contributed by atoms with Crippen LogP contribution in [-0.4, -0.2) is 25.0 Å². The lowest BCUT2D eigenvalue weighted by Gasteiger charge is -2.19. The number of nitrogens with zero attached hydrogens (tertiary/aromatic N) is 1. The van der Waals surface area contributed by atoms with E-state index in [1.54, 1.807) is 4.90 Å². The fraction of sp³-hybridized carbons (Fsp3) is 0.333. The molecule has 5 heteroatoms. The van der Waals surface area contributed by atoms with Crippen LogP contribution in [0, 0.1) is 19.8 Å². The first-order valence-corrected chi connectivity index (χ1v) is 8.89. The molecule has 0 unspecified atom stereocenters. The average molecular weight is 352 g/mol. The SMILES string of the molecule is CCOc1ccc(NC(=O)[C@H]2CC(=O)N(c3cc(C)ccc3C)C2)cc1. The van der Waals surface area contributed by atoms with E-state index in [-0.39, 0.29) is 24.2 Å². The number of amides is 2. The van der Waals surface area contributed by atoms with Crippen molar-refractivity contribution in [1.82, 2.24) is 0 Å². The zero-order chi connectivity index (χ0) is 18.7. The molecule has 2 aromatic rings. The van der Waals surface area contributed by atoms with Crippen LogP contribution in [0.4, 0.5) is 11.4 Å². The molecule has 1 aliphatic rings. The van der Waals surface area contributed by atoms with Gasteiger partial charge in [0.1, 0.15) is 5.75 Å². The summed E-state index contributed by atoms with van der Waals surface area (Å²) < 4.78 is 5.40. The monoisotopic (exact) mass is 352 g/mol. The van der Waals surface area contributed by atoms with Crippen LogP contribution in [0.3, 0.4) is 0 Å². The number of anilines is 2. The standard InChI is InChI=1S/C21H24N2O3/c1-4-26-18-9-7-17(8-10-18)22-21(25)16-12-20(24)23(13-16)19-11-14(2)5-6-15(19)3/h5-11,16H,4,12-13H2,1-3H3,(H,22,25)/t16-/m0/s1. The van der Waals surface area contributed by atoms with E-state index in [1.807, 2.05) is 63.2 Å². The topological polar surface area (TPSA) is 58.6 Å². The highest BCUT2D eigenvalue weighted by atomic mass is 16.5. The maximum Gasteiger partial charge on any atom is 0.229 e. The van der Waals surface area contributed by atoms with Gasteiger partial charge in [-0.05, 0) is 62.2 Å². The van der Waals surface area contributed by atoms with Gasteiger partial charge in [0.2, 0.25) is 11.8 Å². The first-order valence-electron chi connectivity index (χ1n) is 8.89. The minimum Gasteiger partial charge on any atom is -0.494 e. The summed E-state index contributed by atoms with van der Waals surface area (Å²) in [5, 5.41) is 2.90. The van der Waals surface area contributed by atoms with Gasteiger partial charge < -0.3 is 15.0 Å². The summed E-state index contributed by atoms with van der Waals surface area (Å²) in [5.74, 6) is 0.275. The molecule has 5 nitrogen and oxygen atoms in total. The Hall–Kier alpha value is -2.82. The van der Waals surface area contributed by atoms with Crippen molar-refractivity contribution in [1.29, 1.82) is 0 Å². The van der Waals surface area contributed by atoms with E-state index >= 15 is 0 Å². The highest BCUT2D eigenvalue weighted by molar-refractivity contribution is 6.03. The number of hydrogen-bond acceptors (Lipinski definition) is 3. The van der Waals surface area contributed by atoms with Gasteiger partial charge in [0.05, 0.1) is 12.5 Å². The second-order valence-corrected chi connectivity index (χ2v) is 6.64. The third kappa shape index (κ3) is 3.87. The first kappa shape index (κ1) is 18.0. The number of aryl methyl sites for hydroxylation is 2. The maximum atomic E-state index is 12.6. The summed E-state index contributed by atoms with van der Waals surface area (Å²) in [6.07, 6.45) is 0.232. The number of ether oxygens (including phenoxy) is 1. The van der Waals surface area contributed by atoms with E-state index in [0.29, 0.717) is 18.8 Å². The molecule has 0 bridgehead atoms. The minimum absolute atomic E-state index is 0.00876. The zero-order valence-electron chi connectivity index (χ0n) is 15.4. The summed E-state index contributed by atoms with van der Waals surface area (Å²) in [5.41, 5.74) is 3.74. The predicted molar refractivity (Wildman–Crippen MR) is 103 cm³/mol. The van der Waals surface area contributed by atoms with Crippen LogP contribution >= 0.6 is 0 Å². The Morgan fingerprint density at radius 1 is 1.19 bits per heavy atom. The molecule has 1 heterocycles. The van der Waals surface area contributed by atoms with Crippen LogP contribution in [0.5, 0.6) is 5.75 Å². The van der Waals surface area contributed by atoms with Gasteiger partial charge in [-0.15, -0.1) is 0 Å². The molecule has 0 aliphatic carbocycles. The smallest absolute Gasteiger partial charge is 0.229 e. The van der Waals surface area contributed by atoms with Gasteiger partial charge in [-0.25, -0.2) is 0 Å². The molecule has 0 spiro atoms. The summed E-state index contributed by atoms with van der Waals surface area (Å²) in [6, 6.07) is 13.3. The Kier molecular flexibility index (Phi) is 5.26. The summed E-state index contributed by atoms with van der Waals surface area (Å²) >= 11 is 0. The van der Waals surface area contributed by atoms with Gasteiger partial charge in [-0.3, -0.25) is 9.59 Å². The lowest BCUT2D eigenvalue weighted by atomic mass is 10.1. The van der Waals surface area contributed by atoms with Gasteiger partial charge in [0.15, 0.2) is 0 Å². The Bertz CT molecular complexity index is 815. The van der Waals surface area contributed by atoms with Crippen molar-refractivity contribution < 1.29 is 14.3 Å². The predicted octanol–water partition coefficient (Wildman–Crippen LogP) is 3.69. The molecular weight excluding hydrogens is 328 g/mol. The quantitative estimate of drug-likeness (QED) is 0.893. The number of carbonyl (C=O) groups excluding carboxylic acids is 2. The van der Waals surface area contributed by atoms with E-state index in [9.17, 15) is 9.59 Å². The summed E-state index contributed by atoms with van der Waals surface area (Å²) in [4.78, 5) is 26.8. The van der Waals surface area contributed by atoms with Crippen LogP contribution in [-0.2, 0) is 9.59 Å². The summed E-state index contributed by atoms with van der Waals surface area (Å²) in [6.45, 7) is 6.92. The molecule has 1 aliphatic heterocycles. The second kappa shape index (κ2) is 7.60. The van der Waals surface area contributed by atoms with Crippen molar-refractivity contribution in [3.63, 3.8) is 0 Å². The molecule has 2 amide bonds. The van der Waals surface area contributed by atoms with Gasteiger partial charge >= 0.3 is 0 Å². The van der Waals surface area contributed by atoms with E-state index in [0.717, 1.165) is 22.6 Å². The molecule has 1 N–H and O–H groups in total. The van der Waals surface area contributed by atoms with Gasteiger partial charge in [-0.1, -0.05) is 12.1 Å². The van der Waals surface area contributed by atoms with Crippen LogP contribution in [0.15, 0.2) is 42.5 Å². The average Bonchev–Trinajstić information content (AvgIpc) is 3.01. The number of hydrogen-bond donors (Lipinski definition) is 1. The van der Waals surface area contributed by atoms with E-state index in [4.69, 9.17) is 4.74 Å². The Labute approximate surface area is 154 Å². The van der Waals surface area contributed by atoms with Crippen LogP contribution in [0.1, 0.15) is 24.5 Å². The fourth-order valence-electron chi connectivity index (χ4n) is 3.17. The minimum atomic E-state index is -0.353. The first-order chi connectivity index (χ1) is 12.5.